The fourth-order valence-electron chi connectivity index (χ4n) is 2.79. The van der Waals surface area contributed by atoms with Crippen molar-refractivity contribution in [3.63, 3.8) is 0 Å². The Bertz CT molecular complexity index is 977. The van der Waals surface area contributed by atoms with E-state index in [1.807, 2.05) is 67.6 Å². The Labute approximate surface area is 175 Å². The molecule has 2 N–H and O–H groups in total. The minimum absolute atomic E-state index is 0.107. The monoisotopic (exact) mass is 410 g/mol. The van der Waals surface area contributed by atoms with Gasteiger partial charge < -0.3 is 20.1 Å². The van der Waals surface area contributed by atoms with Gasteiger partial charge in [0.05, 0.1) is 7.11 Å². The van der Waals surface area contributed by atoms with Crippen molar-refractivity contribution in [2.45, 2.75) is 13.5 Å². The van der Waals surface area contributed by atoms with Crippen LogP contribution in [0.2, 0.25) is 5.02 Å². The number of carbonyl (C=O) groups is 1. The maximum absolute atomic E-state index is 12.1. The highest BCUT2D eigenvalue weighted by molar-refractivity contribution is 6.30. The predicted octanol–water partition coefficient (Wildman–Crippen LogP) is 5.29. The van der Waals surface area contributed by atoms with E-state index in [2.05, 4.69) is 10.6 Å². The van der Waals surface area contributed by atoms with Crippen molar-refractivity contribution in [1.29, 1.82) is 0 Å². The molecule has 0 unspecified atom stereocenters. The number of benzene rings is 3. The highest BCUT2D eigenvalue weighted by Gasteiger charge is 2.09. The lowest BCUT2D eigenvalue weighted by molar-refractivity contribution is -0.118. The molecular weight excluding hydrogens is 388 g/mol. The molecule has 150 valence electrons. The third kappa shape index (κ3) is 5.90. The summed E-state index contributed by atoms with van der Waals surface area (Å²) in [5.74, 6) is 0.846. The molecule has 0 aliphatic carbocycles. The van der Waals surface area contributed by atoms with E-state index in [1.165, 1.54) is 0 Å². The number of aryl methyl sites for hydroxylation is 1. The van der Waals surface area contributed by atoms with Crippen molar-refractivity contribution in [3.8, 4) is 11.5 Å². The molecule has 3 aromatic rings. The second-order valence-corrected chi connectivity index (χ2v) is 6.94. The Balaban J connectivity index is 1.59. The molecule has 0 saturated heterocycles. The highest BCUT2D eigenvalue weighted by atomic mass is 35.5. The fourth-order valence-corrected chi connectivity index (χ4v) is 2.96. The first-order chi connectivity index (χ1) is 14.0. The second-order valence-electron chi connectivity index (χ2n) is 6.50. The lowest BCUT2D eigenvalue weighted by atomic mass is 10.1. The van der Waals surface area contributed by atoms with Gasteiger partial charge in [0.25, 0.3) is 5.91 Å². The molecule has 3 aromatic carbocycles. The van der Waals surface area contributed by atoms with Crippen molar-refractivity contribution in [1.82, 2.24) is 0 Å². The maximum atomic E-state index is 12.1. The number of halogens is 1. The summed E-state index contributed by atoms with van der Waals surface area (Å²) in [6.45, 7) is 2.52. The molecule has 3 rings (SSSR count). The van der Waals surface area contributed by atoms with E-state index in [9.17, 15) is 4.79 Å². The Morgan fingerprint density at radius 3 is 2.55 bits per heavy atom. The molecule has 0 bridgehead atoms. The van der Waals surface area contributed by atoms with Crippen LogP contribution in [0.3, 0.4) is 0 Å². The number of ether oxygens (including phenoxy) is 2. The first-order valence-corrected chi connectivity index (χ1v) is 9.57. The summed E-state index contributed by atoms with van der Waals surface area (Å²) in [7, 11) is 1.57. The zero-order valence-electron chi connectivity index (χ0n) is 16.4. The average Bonchev–Trinajstić information content (AvgIpc) is 2.74. The molecule has 0 spiro atoms. The third-order valence-electron chi connectivity index (χ3n) is 4.33. The van der Waals surface area contributed by atoms with Crippen LogP contribution in [0.4, 0.5) is 11.4 Å². The van der Waals surface area contributed by atoms with E-state index in [0.29, 0.717) is 23.1 Å². The Hall–Kier alpha value is -3.18. The van der Waals surface area contributed by atoms with Gasteiger partial charge in [-0.3, -0.25) is 4.79 Å². The average molecular weight is 411 g/mol. The van der Waals surface area contributed by atoms with Crippen LogP contribution in [0, 0.1) is 6.92 Å². The number of amides is 1. The lowest BCUT2D eigenvalue weighted by Gasteiger charge is -2.14. The Kier molecular flexibility index (Phi) is 6.98. The van der Waals surface area contributed by atoms with E-state index < -0.39 is 0 Å². The predicted molar refractivity (Wildman–Crippen MR) is 117 cm³/mol. The first-order valence-electron chi connectivity index (χ1n) is 9.20. The molecular formula is C23H23ClN2O3. The van der Waals surface area contributed by atoms with Crippen molar-refractivity contribution < 1.29 is 14.3 Å². The smallest absolute Gasteiger partial charge is 0.262 e. The van der Waals surface area contributed by atoms with Gasteiger partial charge in [0.15, 0.2) is 18.1 Å². The quantitative estimate of drug-likeness (QED) is 0.530. The molecule has 0 aliphatic rings. The molecule has 5 nitrogen and oxygen atoms in total. The molecule has 0 fully saturated rings. The van der Waals surface area contributed by atoms with Gasteiger partial charge in [-0.2, -0.15) is 0 Å². The van der Waals surface area contributed by atoms with Gasteiger partial charge in [-0.1, -0.05) is 41.9 Å². The van der Waals surface area contributed by atoms with Crippen LogP contribution in [0.25, 0.3) is 0 Å². The van der Waals surface area contributed by atoms with Crippen LogP contribution in [0.15, 0.2) is 66.7 Å². The number of nitrogens with one attached hydrogen (secondary N) is 2. The second kappa shape index (κ2) is 9.85. The molecule has 0 saturated carbocycles. The van der Waals surface area contributed by atoms with Gasteiger partial charge in [0.2, 0.25) is 0 Å². The van der Waals surface area contributed by atoms with E-state index in [0.717, 1.165) is 22.5 Å². The SMILES string of the molecule is COc1cc(CNc2cc(Cl)ccc2C)ccc1OCC(=O)Nc1ccccc1. The topological polar surface area (TPSA) is 59.6 Å². The van der Waals surface area contributed by atoms with E-state index in [4.69, 9.17) is 21.1 Å². The third-order valence-corrected chi connectivity index (χ3v) is 4.56. The molecule has 0 aliphatic heterocycles. The Morgan fingerprint density at radius 1 is 1.00 bits per heavy atom. The summed E-state index contributed by atoms with van der Waals surface area (Å²) >= 11 is 6.07. The number of para-hydroxylation sites is 1. The van der Waals surface area contributed by atoms with E-state index in [-0.39, 0.29) is 12.5 Å². The number of hydrogen-bond donors (Lipinski definition) is 2. The Morgan fingerprint density at radius 2 is 1.79 bits per heavy atom. The summed E-state index contributed by atoms with van der Waals surface area (Å²) in [4.78, 5) is 12.1. The zero-order chi connectivity index (χ0) is 20.6. The van der Waals surface area contributed by atoms with Crippen molar-refractivity contribution in [2.75, 3.05) is 24.4 Å². The molecule has 29 heavy (non-hydrogen) atoms. The molecule has 1 amide bonds. The summed E-state index contributed by atoms with van der Waals surface area (Å²) in [5.41, 5.74) is 3.84. The largest absolute Gasteiger partial charge is 0.493 e. The number of hydrogen-bond acceptors (Lipinski definition) is 4. The number of rotatable bonds is 8. The molecule has 0 heterocycles. The van der Waals surface area contributed by atoms with Gasteiger partial charge in [-0.05, 0) is 54.4 Å². The summed E-state index contributed by atoms with van der Waals surface area (Å²) in [5, 5.41) is 6.85. The molecule has 6 heteroatoms. The summed E-state index contributed by atoms with van der Waals surface area (Å²) in [6, 6.07) is 20.6. The first kappa shape index (κ1) is 20.6. The van der Waals surface area contributed by atoms with Crippen LogP contribution < -0.4 is 20.1 Å². The fraction of sp³-hybridized carbons (Fsp3) is 0.174. The normalized spacial score (nSPS) is 10.3. The van der Waals surface area contributed by atoms with E-state index in [1.54, 1.807) is 13.2 Å². The van der Waals surface area contributed by atoms with Gasteiger partial charge in [0, 0.05) is 22.9 Å². The maximum Gasteiger partial charge on any atom is 0.262 e. The van der Waals surface area contributed by atoms with Gasteiger partial charge >= 0.3 is 0 Å². The van der Waals surface area contributed by atoms with Gasteiger partial charge in [-0.25, -0.2) is 0 Å². The standard InChI is InChI=1S/C23H23ClN2O3/c1-16-8-10-18(24)13-20(16)25-14-17-9-11-21(22(12-17)28-2)29-15-23(27)26-19-6-4-3-5-7-19/h3-13,25H,14-15H2,1-2H3,(H,26,27). The van der Waals surface area contributed by atoms with Crippen molar-refractivity contribution in [3.05, 3.63) is 82.9 Å². The van der Waals surface area contributed by atoms with Crippen LogP contribution in [-0.2, 0) is 11.3 Å². The van der Waals surface area contributed by atoms with Crippen molar-refractivity contribution in [2.24, 2.45) is 0 Å². The van der Waals surface area contributed by atoms with Crippen molar-refractivity contribution >= 4 is 28.9 Å². The molecule has 0 radical (unpaired) electrons. The number of methoxy groups -OCH3 is 1. The van der Waals surface area contributed by atoms with Gasteiger partial charge in [-0.15, -0.1) is 0 Å². The van der Waals surface area contributed by atoms with Crippen LogP contribution in [-0.4, -0.2) is 19.6 Å². The van der Waals surface area contributed by atoms with Crippen LogP contribution >= 0.6 is 11.6 Å². The lowest BCUT2D eigenvalue weighted by Crippen LogP contribution is -2.20. The summed E-state index contributed by atoms with van der Waals surface area (Å²) < 4.78 is 11.1. The molecule has 0 aromatic heterocycles. The number of anilines is 2. The molecule has 0 atom stereocenters. The van der Waals surface area contributed by atoms with Crippen LogP contribution in [0.1, 0.15) is 11.1 Å². The van der Waals surface area contributed by atoms with E-state index >= 15 is 0 Å². The van der Waals surface area contributed by atoms with Crippen LogP contribution in [0.5, 0.6) is 11.5 Å². The zero-order valence-corrected chi connectivity index (χ0v) is 17.1. The minimum atomic E-state index is -0.236. The minimum Gasteiger partial charge on any atom is -0.493 e. The van der Waals surface area contributed by atoms with Gasteiger partial charge in [0.1, 0.15) is 0 Å². The summed E-state index contributed by atoms with van der Waals surface area (Å²) in [6.07, 6.45) is 0. The highest BCUT2D eigenvalue weighted by Crippen LogP contribution is 2.29. The number of carbonyl (C=O) groups excluding carboxylic acids is 1.